The van der Waals surface area contributed by atoms with Crippen LogP contribution in [0.15, 0.2) is 35.0 Å². The van der Waals surface area contributed by atoms with Crippen molar-refractivity contribution in [1.29, 1.82) is 0 Å². The van der Waals surface area contributed by atoms with Gasteiger partial charge in [-0.25, -0.2) is 4.98 Å². The minimum Gasteiger partial charge on any atom is -0.345 e. The number of hydrogen-bond donors (Lipinski definition) is 1. The molecule has 0 saturated carbocycles. The maximum atomic E-state index is 6.20. The van der Waals surface area contributed by atoms with Crippen molar-refractivity contribution in [2.75, 3.05) is 0 Å². The lowest BCUT2D eigenvalue weighted by Gasteiger charge is -2.02. The first kappa shape index (κ1) is 13.7. The topological polar surface area (TPSA) is 28.7 Å². The quantitative estimate of drug-likeness (QED) is 0.692. The second-order valence-electron chi connectivity index (χ2n) is 4.58. The van der Waals surface area contributed by atoms with Crippen molar-refractivity contribution in [3.05, 3.63) is 62.2 Å². The summed E-state index contributed by atoms with van der Waals surface area (Å²) in [5.41, 5.74) is 4.24. The van der Waals surface area contributed by atoms with Gasteiger partial charge in [-0.1, -0.05) is 29.3 Å². The zero-order chi connectivity index (χ0) is 14.1. The van der Waals surface area contributed by atoms with Crippen molar-refractivity contribution < 1.29 is 0 Å². The summed E-state index contributed by atoms with van der Waals surface area (Å²) in [5, 5.41) is 5.47. The molecule has 0 bridgehead atoms. The predicted molar refractivity (Wildman–Crippen MR) is 85.9 cm³/mol. The molecule has 0 unspecified atom stereocenters. The van der Waals surface area contributed by atoms with Gasteiger partial charge in [0.1, 0.15) is 5.82 Å². The van der Waals surface area contributed by atoms with Crippen LogP contribution in [0.2, 0.25) is 10.0 Å². The summed E-state index contributed by atoms with van der Waals surface area (Å²) in [7, 11) is 0. The van der Waals surface area contributed by atoms with E-state index in [2.05, 4.69) is 26.8 Å². The Bertz CT molecular complexity index is 732. The number of thiophene rings is 1. The average molecular weight is 323 g/mol. The average Bonchev–Trinajstić information content (AvgIpc) is 3.02. The summed E-state index contributed by atoms with van der Waals surface area (Å²) in [4.78, 5) is 8.00. The van der Waals surface area contributed by atoms with Gasteiger partial charge in [0.2, 0.25) is 0 Å². The van der Waals surface area contributed by atoms with E-state index in [1.54, 1.807) is 17.4 Å². The summed E-state index contributed by atoms with van der Waals surface area (Å²) in [6.07, 6.45) is 0.668. The molecule has 2 heterocycles. The van der Waals surface area contributed by atoms with Crippen molar-refractivity contribution in [2.24, 2.45) is 0 Å². The van der Waals surface area contributed by atoms with Gasteiger partial charge in [0.05, 0.1) is 5.69 Å². The molecule has 20 heavy (non-hydrogen) atoms. The lowest BCUT2D eigenvalue weighted by Crippen LogP contribution is -1.92. The van der Waals surface area contributed by atoms with Gasteiger partial charge < -0.3 is 4.98 Å². The lowest BCUT2D eigenvalue weighted by atomic mass is 10.1. The lowest BCUT2D eigenvalue weighted by molar-refractivity contribution is 1.02. The molecule has 1 N–H and O–H groups in total. The van der Waals surface area contributed by atoms with Crippen molar-refractivity contribution in [2.45, 2.75) is 13.3 Å². The molecule has 0 amide bonds. The van der Waals surface area contributed by atoms with Crippen LogP contribution in [0.5, 0.6) is 0 Å². The van der Waals surface area contributed by atoms with Crippen LogP contribution in [-0.4, -0.2) is 9.97 Å². The van der Waals surface area contributed by atoms with Crippen molar-refractivity contribution in [1.82, 2.24) is 9.97 Å². The minimum absolute atomic E-state index is 0.647. The third kappa shape index (κ3) is 2.75. The molecule has 0 aliphatic rings. The highest BCUT2D eigenvalue weighted by molar-refractivity contribution is 7.08. The molecule has 0 spiro atoms. The zero-order valence-electron chi connectivity index (χ0n) is 10.8. The van der Waals surface area contributed by atoms with Gasteiger partial charge in [0, 0.05) is 33.1 Å². The number of halogens is 2. The van der Waals surface area contributed by atoms with Crippen LogP contribution in [0.3, 0.4) is 0 Å². The Labute approximate surface area is 131 Å². The largest absolute Gasteiger partial charge is 0.345 e. The van der Waals surface area contributed by atoms with Crippen LogP contribution in [0.25, 0.3) is 11.3 Å². The molecule has 0 atom stereocenters. The zero-order valence-corrected chi connectivity index (χ0v) is 13.1. The number of benzene rings is 1. The molecule has 3 rings (SSSR count). The molecule has 0 fully saturated rings. The highest BCUT2D eigenvalue weighted by Gasteiger charge is 2.11. The van der Waals surface area contributed by atoms with Crippen LogP contribution in [-0.2, 0) is 6.42 Å². The summed E-state index contributed by atoms with van der Waals surface area (Å²) in [6, 6.07) is 7.62. The molecule has 5 heteroatoms. The van der Waals surface area contributed by atoms with Crippen LogP contribution >= 0.6 is 34.5 Å². The van der Waals surface area contributed by atoms with Crippen LogP contribution in [0.1, 0.15) is 17.1 Å². The molecule has 102 valence electrons. The summed E-state index contributed by atoms with van der Waals surface area (Å²) in [6.45, 7) is 2.03. The van der Waals surface area contributed by atoms with E-state index in [-0.39, 0.29) is 0 Å². The first-order valence-electron chi connectivity index (χ1n) is 6.15. The molecule has 0 aliphatic heterocycles. The molecule has 2 aromatic heterocycles. The van der Waals surface area contributed by atoms with Gasteiger partial charge in [0.25, 0.3) is 0 Å². The van der Waals surface area contributed by atoms with Crippen LogP contribution in [0, 0.1) is 6.92 Å². The first-order chi connectivity index (χ1) is 9.63. The van der Waals surface area contributed by atoms with E-state index in [1.807, 2.05) is 19.1 Å². The SMILES string of the molecule is Cc1[nH]c(Cc2ccc(Cl)cc2Cl)nc1-c1ccsc1. The predicted octanol–water partition coefficient (Wildman–Crippen LogP) is 5.34. The fraction of sp³-hybridized carbons (Fsp3) is 0.133. The molecule has 0 saturated heterocycles. The Balaban J connectivity index is 1.90. The van der Waals surface area contributed by atoms with Gasteiger partial charge in [-0.2, -0.15) is 11.3 Å². The van der Waals surface area contributed by atoms with Crippen molar-refractivity contribution >= 4 is 34.5 Å². The molecule has 3 aromatic rings. The summed E-state index contributed by atoms with van der Waals surface area (Å²) >= 11 is 13.8. The summed E-state index contributed by atoms with van der Waals surface area (Å²) < 4.78 is 0. The normalized spacial score (nSPS) is 10.9. The highest BCUT2D eigenvalue weighted by Crippen LogP contribution is 2.26. The third-order valence-corrected chi connectivity index (χ3v) is 4.37. The Hall–Kier alpha value is -1.29. The van der Waals surface area contributed by atoms with Gasteiger partial charge in [-0.05, 0) is 36.1 Å². The van der Waals surface area contributed by atoms with Crippen LogP contribution < -0.4 is 0 Å². The standard InChI is InChI=1S/C15H12Cl2N2S/c1-9-15(11-4-5-20-8-11)19-14(18-9)6-10-2-3-12(16)7-13(10)17/h2-5,7-8H,6H2,1H3,(H,18,19). The fourth-order valence-electron chi connectivity index (χ4n) is 2.13. The fourth-order valence-corrected chi connectivity index (χ4v) is 3.25. The number of imidazole rings is 1. The van der Waals surface area contributed by atoms with E-state index in [1.165, 1.54) is 0 Å². The van der Waals surface area contributed by atoms with E-state index < -0.39 is 0 Å². The van der Waals surface area contributed by atoms with Gasteiger partial charge in [-0.15, -0.1) is 0 Å². The Kier molecular flexibility index (Phi) is 3.83. The molecule has 0 aliphatic carbocycles. The number of aryl methyl sites for hydroxylation is 1. The Morgan fingerprint density at radius 1 is 1.25 bits per heavy atom. The van der Waals surface area contributed by atoms with E-state index >= 15 is 0 Å². The van der Waals surface area contributed by atoms with Crippen molar-refractivity contribution in [3.8, 4) is 11.3 Å². The van der Waals surface area contributed by atoms with E-state index in [9.17, 15) is 0 Å². The van der Waals surface area contributed by atoms with E-state index in [0.717, 1.165) is 28.3 Å². The Morgan fingerprint density at radius 3 is 2.80 bits per heavy atom. The second kappa shape index (κ2) is 5.60. The Morgan fingerprint density at radius 2 is 2.10 bits per heavy atom. The molecular weight excluding hydrogens is 311 g/mol. The molecule has 1 aromatic carbocycles. The number of aromatic amines is 1. The number of nitrogens with zero attached hydrogens (tertiary/aromatic N) is 1. The van der Waals surface area contributed by atoms with Gasteiger partial charge >= 0.3 is 0 Å². The van der Waals surface area contributed by atoms with E-state index in [0.29, 0.717) is 16.5 Å². The highest BCUT2D eigenvalue weighted by atomic mass is 35.5. The smallest absolute Gasteiger partial charge is 0.111 e. The molecule has 0 radical (unpaired) electrons. The number of H-pyrrole nitrogens is 1. The molecule has 2 nitrogen and oxygen atoms in total. The monoisotopic (exact) mass is 322 g/mol. The van der Waals surface area contributed by atoms with E-state index in [4.69, 9.17) is 23.2 Å². The molecular formula is C15H12Cl2N2S. The number of hydrogen-bond acceptors (Lipinski definition) is 2. The number of aromatic nitrogens is 2. The van der Waals surface area contributed by atoms with Gasteiger partial charge in [0.15, 0.2) is 0 Å². The van der Waals surface area contributed by atoms with Crippen LogP contribution in [0.4, 0.5) is 0 Å². The first-order valence-corrected chi connectivity index (χ1v) is 7.85. The minimum atomic E-state index is 0.647. The van der Waals surface area contributed by atoms with Crippen molar-refractivity contribution in [3.63, 3.8) is 0 Å². The maximum Gasteiger partial charge on any atom is 0.111 e. The second-order valence-corrected chi connectivity index (χ2v) is 6.21. The number of nitrogens with one attached hydrogen (secondary N) is 1. The van der Waals surface area contributed by atoms with Gasteiger partial charge in [-0.3, -0.25) is 0 Å². The summed E-state index contributed by atoms with van der Waals surface area (Å²) in [5.74, 6) is 0.910. The maximum absolute atomic E-state index is 6.20. The number of rotatable bonds is 3. The third-order valence-electron chi connectivity index (χ3n) is 3.10.